The lowest BCUT2D eigenvalue weighted by atomic mass is 10.0. The van der Waals surface area contributed by atoms with Crippen molar-refractivity contribution in [3.05, 3.63) is 95.9 Å². The van der Waals surface area contributed by atoms with Gasteiger partial charge in [0.25, 0.3) is 15.9 Å². The molecule has 6 rings (SSSR count). The van der Waals surface area contributed by atoms with E-state index in [1.54, 1.807) is 36.6 Å². The van der Waals surface area contributed by atoms with E-state index < -0.39 is 22.0 Å². The van der Waals surface area contributed by atoms with Gasteiger partial charge in [-0.25, -0.2) is 13.4 Å². The molecule has 1 aromatic heterocycles. The Balaban J connectivity index is 1.37. The Labute approximate surface area is 197 Å². The predicted octanol–water partition coefficient (Wildman–Crippen LogP) is 4.63. The number of amides is 1. The molecule has 0 N–H and O–H groups in total. The molecule has 7 nitrogen and oxygen atoms in total. The molecule has 0 aliphatic carbocycles. The highest BCUT2D eigenvalue weighted by Gasteiger charge is 2.40. The van der Waals surface area contributed by atoms with Crippen LogP contribution in [0.25, 0.3) is 10.8 Å². The summed E-state index contributed by atoms with van der Waals surface area (Å²) in [7, 11) is -3.85. The number of hydrogen-bond acceptors (Lipinski definition) is 5. The number of carbonyl (C=O) groups is 1. The molecule has 170 valence electrons. The number of benzene rings is 3. The molecule has 0 radical (unpaired) electrons. The Hall–Kier alpha value is -3.91. The molecule has 8 heteroatoms. The zero-order valence-electron chi connectivity index (χ0n) is 18.4. The lowest BCUT2D eigenvalue weighted by Gasteiger charge is -2.24. The second-order valence-corrected chi connectivity index (χ2v) is 10.4. The minimum absolute atomic E-state index is 0.223. The average Bonchev–Trinajstić information content (AvgIpc) is 3.56. The smallest absolute Gasteiger partial charge is 0.265 e. The summed E-state index contributed by atoms with van der Waals surface area (Å²) in [5.41, 5.74) is 3.32. The third-order valence-electron chi connectivity index (χ3n) is 6.38. The van der Waals surface area contributed by atoms with Gasteiger partial charge in [-0.05, 0) is 42.1 Å². The quantitative estimate of drug-likeness (QED) is 0.435. The number of carbonyl (C=O) groups excluding carboxylic acids is 1. The number of hydrogen-bond donors (Lipinski definition) is 0. The summed E-state index contributed by atoms with van der Waals surface area (Å²) >= 11 is 0. The third-order valence-corrected chi connectivity index (χ3v) is 8.18. The number of anilines is 1. The van der Waals surface area contributed by atoms with Crippen LogP contribution in [0.5, 0.6) is 0 Å². The SMILES string of the molecule is Cc1ccc(C2=NN(C(=O)CN3c4cccc5cccc(c45)S3(=O)=O)C(c3ccco3)C2)cc1. The second-order valence-electron chi connectivity index (χ2n) is 8.53. The summed E-state index contributed by atoms with van der Waals surface area (Å²) < 4.78 is 33.5. The maximum atomic E-state index is 13.6. The van der Waals surface area contributed by atoms with Crippen molar-refractivity contribution in [2.24, 2.45) is 5.10 Å². The maximum Gasteiger partial charge on any atom is 0.265 e. The Morgan fingerprint density at radius 2 is 1.79 bits per heavy atom. The molecule has 0 spiro atoms. The molecular formula is C26H21N3O4S. The van der Waals surface area contributed by atoms with Gasteiger partial charge >= 0.3 is 0 Å². The van der Waals surface area contributed by atoms with Gasteiger partial charge in [-0.2, -0.15) is 5.10 Å². The van der Waals surface area contributed by atoms with Crippen LogP contribution in [0.4, 0.5) is 5.69 Å². The molecule has 2 aliphatic rings. The topological polar surface area (TPSA) is 83.2 Å². The van der Waals surface area contributed by atoms with Crippen LogP contribution in [0.2, 0.25) is 0 Å². The van der Waals surface area contributed by atoms with Gasteiger partial charge in [-0.3, -0.25) is 9.10 Å². The first-order chi connectivity index (χ1) is 16.4. The molecule has 1 unspecified atom stereocenters. The van der Waals surface area contributed by atoms with Crippen LogP contribution in [-0.4, -0.2) is 31.6 Å². The molecule has 0 bridgehead atoms. The monoisotopic (exact) mass is 471 g/mol. The van der Waals surface area contributed by atoms with E-state index >= 15 is 0 Å². The van der Waals surface area contributed by atoms with Crippen LogP contribution in [0.1, 0.15) is 29.3 Å². The number of rotatable bonds is 4. The number of furan rings is 1. The van der Waals surface area contributed by atoms with Crippen molar-refractivity contribution < 1.29 is 17.6 Å². The number of nitrogens with zero attached hydrogens (tertiary/aromatic N) is 3. The van der Waals surface area contributed by atoms with Crippen LogP contribution in [0.3, 0.4) is 0 Å². The zero-order valence-corrected chi connectivity index (χ0v) is 19.2. The largest absolute Gasteiger partial charge is 0.467 e. The van der Waals surface area contributed by atoms with Gasteiger partial charge in [-0.15, -0.1) is 0 Å². The first-order valence-electron chi connectivity index (χ1n) is 11.0. The number of sulfonamides is 1. The first-order valence-corrected chi connectivity index (χ1v) is 12.4. The number of hydrazone groups is 1. The molecule has 0 saturated carbocycles. The molecule has 2 aliphatic heterocycles. The summed E-state index contributed by atoms with van der Waals surface area (Å²) in [6, 6.07) is 21.7. The lowest BCUT2D eigenvalue weighted by molar-refractivity contribution is -0.131. The van der Waals surface area contributed by atoms with Gasteiger partial charge < -0.3 is 4.42 Å². The fraction of sp³-hybridized carbons (Fsp3) is 0.154. The van der Waals surface area contributed by atoms with Gasteiger partial charge in [0.1, 0.15) is 18.3 Å². The average molecular weight is 472 g/mol. The maximum absolute atomic E-state index is 13.6. The van der Waals surface area contributed by atoms with E-state index in [4.69, 9.17) is 4.42 Å². The van der Waals surface area contributed by atoms with Gasteiger partial charge in [-0.1, -0.05) is 54.1 Å². The van der Waals surface area contributed by atoms with Crippen molar-refractivity contribution in [1.82, 2.24) is 5.01 Å². The normalized spacial score (nSPS) is 18.5. The van der Waals surface area contributed by atoms with Gasteiger partial charge in [0.2, 0.25) is 0 Å². The Kier molecular flexibility index (Phi) is 4.60. The van der Waals surface area contributed by atoms with Crippen molar-refractivity contribution in [2.45, 2.75) is 24.3 Å². The zero-order chi connectivity index (χ0) is 23.4. The molecule has 1 amide bonds. The highest BCUT2D eigenvalue weighted by Crippen LogP contribution is 2.42. The highest BCUT2D eigenvalue weighted by molar-refractivity contribution is 7.93. The summed E-state index contributed by atoms with van der Waals surface area (Å²) in [6.45, 7) is 1.66. The Morgan fingerprint density at radius 1 is 1.03 bits per heavy atom. The molecular weight excluding hydrogens is 450 g/mol. The van der Waals surface area contributed by atoms with E-state index in [9.17, 15) is 13.2 Å². The molecule has 3 heterocycles. The molecule has 3 aromatic carbocycles. The van der Waals surface area contributed by atoms with E-state index in [0.29, 0.717) is 23.3 Å². The van der Waals surface area contributed by atoms with Crippen LogP contribution in [0.15, 0.2) is 93.5 Å². The number of aryl methyl sites for hydroxylation is 1. The molecule has 1 atom stereocenters. The fourth-order valence-electron chi connectivity index (χ4n) is 4.69. The fourth-order valence-corrected chi connectivity index (χ4v) is 6.35. The molecule has 34 heavy (non-hydrogen) atoms. The van der Waals surface area contributed by atoms with E-state index in [0.717, 1.165) is 22.2 Å². The van der Waals surface area contributed by atoms with E-state index in [-0.39, 0.29) is 11.4 Å². The van der Waals surface area contributed by atoms with E-state index in [1.807, 2.05) is 49.4 Å². The minimum Gasteiger partial charge on any atom is -0.467 e. The first kappa shape index (κ1) is 20.7. The Morgan fingerprint density at radius 3 is 2.53 bits per heavy atom. The van der Waals surface area contributed by atoms with E-state index in [2.05, 4.69) is 5.10 Å². The summed E-state index contributed by atoms with van der Waals surface area (Å²) in [5.74, 6) is 0.186. The van der Waals surface area contributed by atoms with Gasteiger partial charge in [0, 0.05) is 11.8 Å². The van der Waals surface area contributed by atoms with Crippen molar-refractivity contribution in [2.75, 3.05) is 10.8 Å². The van der Waals surface area contributed by atoms with Crippen LogP contribution in [0, 0.1) is 6.92 Å². The molecule has 0 fully saturated rings. The standard InChI is InChI=1S/C26H21N3O4S/c1-17-10-12-18(13-11-17)20-15-22(23-8-4-14-33-23)29(27-20)25(30)16-28-21-7-2-5-19-6-3-9-24(26(19)21)34(28,31)32/h2-14,22H,15-16H2,1H3. The van der Waals surface area contributed by atoms with Crippen LogP contribution < -0.4 is 4.31 Å². The highest BCUT2D eigenvalue weighted by atomic mass is 32.2. The van der Waals surface area contributed by atoms with Crippen LogP contribution >= 0.6 is 0 Å². The van der Waals surface area contributed by atoms with E-state index in [1.165, 1.54) is 9.31 Å². The van der Waals surface area contributed by atoms with Crippen molar-refractivity contribution in [3.8, 4) is 0 Å². The van der Waals surface area contributed by atoms with Crippen molar-refractivity contribution >= 4 is 38.1 Å². The Bertz CT molecular complexity index is 1550. The van der Waals surface area contributed by atoms with Gasteiger partial charge in [0.15, 0.2) is 0 Å². The van der Waals surface area contributed by atoms with Gasteiger partial charge in [0.05, 0.1) is 22.6 Å². The van der Waals surface area contributed by atoms with Crippen molar-refractivity contribution in [3.63, 3.8) is 0 Å². The summed E-state index contributed by atoms with van der Waals surface area (Å²) in [6.07, 6.45) is 2.04. The van der Waals surface area contributed by atoms with Crippen molar-refractivity contribution in [1.29, 1.82) is 0 Å². The minimum atomic E-state index is -3.85. The third kappa shape index (κ3) is 3.13. The predicted molar refractivity (Wildman–Crippen MR) is 129 cm³/mol. The molecule has 0 saturated heterocycles. The summed E-state index contributed by atoms with van der Waals surface area (Å²) in [4.78, 5) is 13.8. The second kappa shape index (κ2) is 7.56. The molecule has 4 aromatic rings. The lowest BCUT2D eigenvalue weighted by Crippen LogP contribution is -2.39. The summed E-state index contributed by atoms with van der Waals surface area (Å²) in [5, 5.41) is 7.47. The van der Waals surface area contributed by atoms with Crippen LogP contribution in [-0.2, 0) is 14.8 Å².